The zero-order chi connectivity index (χ0) is 32.0. The number of hydrogen-bond acceptors (Lipinski definition) is 5. The van der Waals surface area contributed by atoms with Crippen LogP contribution in [0, 0.1) is 0 Å². The predicted octanol–water partition coefficient (Wildman–Crippen LogP) is 5.97. The largest absolute Gasteiger partial charge is 0.508 e. The van der Waals surface area contributed by atoms with Crippen LogP contribution >= 0.6 is 11.6 Å². The molecule has 0 saturated heterocycles. The van der Waals surface area contributed by atoms with Crippen molar-refractivity contribution >= 4 is 40.7 Å². The number of nitrogens with one attached hydrogen (secondary N) is 2. The number of aromatic hydroxyl groups is 1. The van der Waals surface area contributed by atoms with Crippen LogP contribution in [0.4, 0.5) is 5.69 Å². The number of carbonyl (C=O) groups is 3. The fourth-order valence-electron chi connectivity index (χ4n) is 5.23. The molecule has 3 N–H and O–H groups in total. The van der Waals surface area contributed by atoms with Crippen molar-refractivity contribution in [1.29, 1.82) is 0 Å². The second kappa shape index (κ2) is 13.5. The number of nitrogens with zero attached hydrogens (tertiary/aromatic N) is 2. The minimum absolute atomic E-state index is 0.0694. The first-order valence-corrected chi connectivity index (χ1v) is 15.0. The molecule has 0 saturated carbocycles. The highest BCUT2D eigenvalue weighted by Gasteiger charge is 2.33. The van der Waals surface area contributed by atoms with Crippen LogP contribution in [-0.4, -0.2) is 41.3 Å². The van der Waals surface area contributed by atoms with Crippen LogP contribution in [-0.2, 0) is 16.1 Å². The van der Waals surface area contributed by atoms with Crippen LogP contribution in [0.25, 0.3) is 11.1 Å². The number of amides is 3. The Labute approximate surface area is 271 Å². The number of anilines is 1. The van der Waals surface area contributed by atoms with Gasteiger partial charge in [0.05, 0.1) is 24.5 Å². The summed E-state index contributed by atoms with van der Waals surface area (Å²) in [6, 6.07) is 38.0. The quantitative estimate of drug-likeness (QED) is 0.197. The molecule has 0 radical (unpaired) electrons. The van der Waals surface area contributed by atoms with Gasteiger partial charge in [0.1, 0.15) is 5.75 Å². The molecule has 1 atom stereocenters. The number of hydrogen-bond donors (Lipinski definition) is 3. The molecule has 3 amide bonds. The van der Waals surface area contributed by atoms with Crippen molar-refractivity contribution in [1.82, 2.24) is 10.6 Å². The summed E-state index contributed by atoms with van der Waals surface area (Å²) >= 11 is 6.46. The molecule has 1 aliphatic rings. The zero-order valence-corrected chi connectivity index (χ0v) is 25.3. The summed E-state index contributed by atoms with van der Waals surface area (Å²) in [5.74, 6) is -1.40. The Hall–Kier alpha value is -5.73. The summed E-state index contributed by atoms with van der Waals surface area (Å²) < 4.78 is 0. The lowest BCUT2D eigenvalue weighted by molar-refractivity contribution is -0.126. The van der Waals surface area contributed by atoms with Gasteiger partial charge in [0.25, 0.3) is 11.8 Å². The van der Waals surface area contributed by atoms with Gasteiger partial charge in [-0.25, -0.2) is 4.99 Å². The van der Waals surface area contributed by atoms with Crippen molar-refractivity contribution in [3.63, 3.8) is 0 Å². The van der Waals surface area contributed by atoms with Gasteiger partial charge in [0, 0.05) is 21.7 Å². The van der Waals surface area contributed by atoms with Crippen molar-refractivity contribution in [2.24, 2.45) is 4.99 Å². The van der Waals surface area contributed by atoms with Crippen LogP contribution in [0.1, 0.15) is 27.0 Å². The molecule has 0 spiro atoms. The number of halogens is 1. The number of carbonyl (C=O) groups excluding carboxylic acids is 3. The third-order valence-electron chi connectivity index (χ3n) is 7.55. The molecule has 1 aliphatic heterocycles. The normalized spacial score (nSPS) is 14.1. The predicted molar refractivity (Wildman–Crippen MR) is 179 cm³/mol. The van der Waals surface area contributed by atoms with Gasteiger partial charge in [-0.1, -0.05) is 84.4 Å². The highest BCUT2D eigenvalue weighted by molar-refractivity contribution is 6.32. The van der Waals surface area contributed by atoms with Crippen LogP contribution < -0.4 is 15.5 Å². The van der Waals surface area contributed by atoms with E-state index in [9.17, 15) is 19.5 Å². The molecule has 0 bridgehead atoms. The molecule has 228 valence electrons. The smallest absolute Gasteiger partial charge is 0.272 e. The molecule has 6 rings (SSSR count). The van der Waals surface area contributed by atoms with E-state index in [1.165, 1.54) is 12.1 Å². The molecule has 0 fully saturated rings. The number of aliphatic imine (C=N–C) groups is 1. The second-order valence-electron chi connectivity index (χ2n) is 10.7. The van der Waals surface area contributed by atoms with Gasteiger partial charge in [-0.15, -0.1) is 0 Å². The third-order valence-corrected chi connectivity index (χ3v) is 7.78. The topological polar surface area (TPSA) is 111 Å². The fraction of sp³-hybridized carbons (Fsp3) is 0.0811. The Balaban J connectivity index is 1.33. The number of phenolic OH excluding ortho intramolecular Hbond substituents is 1. The summed E-state index contributed by atoms with van der Waals surface area (Å²) in [4.78, 5) is 46.3. The van der Waals surface area contributed by atoms with Crippen molar-refractivity contribution < 1.29 is 19.5 Å². The van der Waals surface area contributed by atoms with Gasteiger partial charge in [-0.05, 0) is 71.3 Å². The number of fused-ring (bicyclic) bond motifs is 1. The molecular formula is C37H29ClN4O4. The Bertz CT molecular complexity index is 1910. The molecule has 1 unspecified atom stereocenters. The minimum Gasteiger partial charge on any atom is -0.508 e. The Morgan fingerprint density at radius 1 is 0.783 bits per heavy atom. The van der Waals surface area contributed by atoms with Gasteiger partial charge in [0.15, 0.2) is 0 Å². The molecule has 0 aliphatic carbocycles. The molecular weight excluding hydrogens is 600 g/mol. The van der Waals surface area contributed by atoms with Crippen LogP contribution in [0.2, 0.25) is 5.02 Å². The monoisotopic (exact) mass is 628 g/mol. The maximum Gasteiger partial charge on any atom is 0.272 e. The van der Waals surface area contributed by atoms with Gasteiger partial charge >= 0.3 is 0 Å². The van der Waals surface area contributed by atoms with E-state index in [1.807, 2.05) is 54.6 Å². The summed E-state index contributed by atoms with van der Waals surface area (Å²) in [5, 5.41) is 15.7. The second-order valence-corrected chi connectivity index (χ2v) is 11.1. The van der Waals surface area contributed by atoms with E-state index in [-0.39, 0.29) is 18.8 Å². The van der Waals surface area contributed by atoms with Crippen molar-refractivity contribution in [2.45, 2.75) is 12.7 Å². The van der Waals surface area contributed by atoms with E-state index >= 15 is 0 Å². The number of benzodiazepines with no additional fused rings is 1. The van der Waals surface area contributed by atoms with Crippen molar-refractivity contribution in [3.05, 3.63) is 155 Å². The van der Waals surface area contributed by atoms with E-state index in [0.717, 1.165) is 16.7 Å². The maximum absolute atomic E-state index is 14.3. The first-order valence-electron chi connectivity index (χ1n) is 14.6. The Morgan fingerprint density at radius 2 is 1.41 bits per heavy atom. The molecule has 1 heterocycles. The van der Waals surface area contributed by atoms with E-state index < -0.39 is 23.9 Å². The maximum atomic E-state index is 14.3. The summed E-state index contributed by atoms with van der Waals surface area (Å²) in [6.07, 6.45) is -1.32. The van der Waals surface area contributed by atoms with Gasteiger partial charge in [0.2, 0.25) is 12.1 Å². The zero-order valence-electron chi connectivity index (χ0n) is 24.6. The highest BCUT2D eigenvalue weighted by Crippen LogP contribution is 2.32. The van der Waals surface area contributed by atoms with Gasteiger partial charge in [-0.3, -0.25) is 14.4 Å². The van der Waals surface area contributed by atoms with Gasteiger partial charge < -0.3 is 20.6 Å². The lowest BCUT2D eigenvalue weighted by Gasteiger charge is -2.26. The lowest BCUT2D eigenvalue weighted by Crippen LogP contribution is -2.49. The van der Waals surface area contributed by atoms with Crippen LogP contribution in [0.15, 0.2) is 132 Å². The highest BCUT2D eigenvalue weighted by atomic mass is 35.5. The molecule has 46 heavy (non-hydrogen) atoms. The summed E-state index contributed by atoms with van der Waals surface area (Å²) in [7, 11) is 0. The van der Waals surface area contributed by atoms with E-state index in [1.54, 1.807) is 65.6 Å². The number of benzene rings is 5. The molecule has 5 aromatic carbocycles. The first kappa shape index (κ1) is 30.3. The molecule has 5 aromatic rings. The van der Waals surface area contributed by atoms with Crippen molar-refractivity contribution in [2.75, 3.05) is 11.4 Å². The minimum atomic E-state index is -1.32. The SMILES string of the molecule is O=C(CNC(=O)c1ccccc1)NC1N=C(c2ccc(O)cc2)c2cc(Cl)ccc2N(Cc2ccc(-c3ccccc3)cc2)C1=O. The van der Waals surface area contributed by atoms with E-state index in [2.05, 4.69) is 10.6 Å². The van der Waals surface area contributed by atoms with Crippen LogP contribution in [0.3, 0.4) is 0 Å². The number of phenols is 1. The average molecular weight is 629 g/mol. The molecule has 8 nitrogen and oxygen atoms in total. The van der Waals surface area contributed by atoms with Gasteiger partial charge in [-0.2, -0.15) is 0 Å². The Morgan fingerprint density at radius 3 is 2.11 bits per heavy atom. The summed E-state index contributed by atoms with van der Waals surface area (Å²) in [6.45, 7) is -0.167. The van der Waals surface area contributed by atoms with Crippen molar-refractivity contribution in [3.8, 4) is 16.9 Å². The standard InChI is InChI=1S/C37H29ClN4O4/c38-29-17-20-32-31(21-29)34(27-15-18-30(43)19-16-27)41-35(40-33(44)22-39-36(45)28-9-5-2-6-10-28)37(46)42(32)23-24-11-13-26(14-12-24)25-7-3-1-4-8-25/h1-21,35,43H,22-23H2,(H,39,45)(H,40,44). The molecule has 0 aromatic heterocycles. The average Bonchev–Trinajstić information content (AvgIpc) is 3.19. The third kappa shape index (κ3) is 6.82. The first-order chi connectivity index (χ1) is 22.4. The number of rotatable bonds is 8. The molecule has 9 heteroatoms. The fourth-order valence-corrected chi connectivity index (χ4v) is 5.40. The van der Waals surface area contributed by atoms with Crippen LogP contribution in [0.5, 0.6) is 5.75 Å². The van der Waals surface area contributed by atoms with E-state index in [4.69, 9.17) is 16.6 Å². The van der Waals surface area contributed by atoms with E-state index in [0.29, 0.717) is 33.1 Å². The Kier molecular flexibility index (Phi) is 8.89. The summed E-state index contributed by atoms with van der Waals surface area (Å²) in [5.41, 5.74) is 5.55. The lowest BCUT2D eigenvalue weighted by atomic mass is 9.99.